The molecule has 0 saturated carbocycles. The van der Waals surface area contributed by atoms with Gasteiger partial charge in [0.2, 0.25) is 0 Å². The Morgan fingerprint density at radius 1 is 1.48 bits per heavy atom. The van der Waals surface area contributed by atoms with E-state index in [4.69, 9.17) is 16.3 Å². The lowest BCUT2D eigenvalue weighted by Gasteiger charge is -2.11. The highest BCUT2D eigenvalue weighted by molar-refractivity contribution is 6.32. The van der Waals surface area contributed by atoms with Gasteiger partial charge in [0, 0.05) is 18.3 Å². The molecule has 0 aliphatic carbocycles. The summed E-state index contributed by atoms with van der Waals surface area (Å²) in [7, 11) is 0. The average Bonchev–Trinajstić information content (AvgIpc) is 3.12. The van der Waals surface area contributed by atoms with Gasteiger partial charge in [-0.1, -0.05) is 37.6 Å². The van der Waals surface area contributed by atoms with Crippen molar-refractivity contribution in [2.45, 2.75) is 32.9 Å². The van der Waals surface area contributed by atoms with Crippen LogP contribution in [-0.4, -0.2) is 22.3 Å². The van der Waals surface area contributed by atoms with Crippen molar-refractivity contribution in [2.24, 2.45) is 5.92 Å². The fraction of sp³-hybridized carbons (Fsp3) is 0.412. The zero-order chi connectivity index (χ0) is 18.1. The summed E-state index contributed by atoms with van der Waals surface area (Å²) in [6.07, 6.45) is -1.54. The van der Waals surface area contributed by atoms with E-state index < -0.39 is 18.4 Å². The van der Waals surface area contributed by atoms with Gasteiger partial charge < -0.3 is 10.1 Å². The first-order valence-corrected chi connectivity index (χ1v) is 8.32. The number of rotatable bonds is 5. The van der Waals surface area contributed by atoms with E-state index in [2.05, 4.69) is 10.4 Å². The maximum Gasteiger partial charge on any atom is 0.272 e. The number of carbonyl (C=O) groups excluding carboxylic acids is 1. The summed E-state index contributed by atoms with van der Waals surface area (Å²) in [5.41, 5.74) is 0.0931. The largest absolute Gasteiger partial charge is 0.489 e. The van der Waals surface area contributed by atoms with E-state index in [1.807, 2.05) is 13.8 Å². The molecule has 2 heterocycles. The van der Waals surface area contributed by atoms with E-state index in [0.717, 1.165) is 5.56 Å². The Morgan fingerprint density at radius 3 is 2.92 bits per heavy atom. The van der Waals surface area contributed by atoms with Crippen molar-refractivity contribution in [1.82, 2.24) is 15.1 Å². The molecule has 2 aromatic rings. The van der Waals surface area contributed by atoms with Crippen molar-refractivity contribution in [3.8, 4) is 5.75 Å². The minimum Gasteiger partial charge on any atom is -0.489 e. The third-order valence-electron chi connectivity index (χ3n) is 3.86. The number of halogens is 3. The molecule has 5 nitrogen and oxygen atoms in total. The molecule has 1 amide bonds. The molecule has 1 aromatic carbocycles. The van der Waals surface area contributed by atoms with E-state index in [0.29, 0.717) is 17.3 Å². The lowest BCUT2D eigenvalue weighted by molar-refractivity contribution is 0.0911. The predicted octanol–water partition coefficient (Wildman–Crippen LogP) is 3.99. The van der Waals surface area contributed by atoms with Gasteiger partial charge in [0.15, 0.2) is 5.69 Å². The zero-order valence-corrected chi connectivity index (χ0v) is 14.6. The summed E-state index contributed by atoms with van der Waals surface area (Å²) < 4.78 is 33.4. The Hall–Kier alpha value is -2.15. The Kier molecular flexibility index (Phi) is 4.94. The van der Waals surface area contributed by atoms with Crippen LogP contribution >= 0.6 is 11.6 Å². The molecule has 0 fully saturated rings. The minimum atomic E-state index is -2.77. The molecule has 1 aliphatic heterocycles. The number of alkyl halides is 2. The first-order chi connectivity index (χ1) is 11.9. The SMILES string of the molecule is CC(C)Cn1cc(C(F)F)c(C(=O)N[C@H]2COc3c(Cl)cccc32)n1. The van der Waals surface area contributed by atoms with Gasteiger partial charge in [-0.3, -0.25) is 9.48 Å². The number of carbonyl (C=O) groups is 1. The van der Waals surface area contributed by atoms with E-state index in [9.17, 15) is 13.6 Å². The van der Waals surface area contributed by atoms with E-state index >= 15 is 0 Å². The number of ether oxygens (including phenoxy) is 1. The third kappa shape index (κ3) is 3.61. The van der Waals surface area contributed by atoms with E-state index in [-0.39, 0.29) is 23.8 Å². The summed E-state index contributed by atoms with van der Waals surface area (Å²) in [5.74, 6) is 0.0757. The van der Waals surface area contributed by atoms with Crippen LogP contribution in [0.2, 0.25) is 5.02 Å². The molecule has 0 saturated heterocycles. The van der Waals surface area contributed by atoms with Crippen molar-refractivity contribution in [2.75, 3.05) is 6.61 Å². The van der Waals surface area contributed by atoms with E-state index in [1.165, 1.54) is 10.9 Å². The number of fused-ring (bicyclic) bond motifs is 1. The van der Waals surface area contributed by atoms with Crippen molar-refractivity contribution < 1.29 is 18.3 Å². The zero-order valence-electron chi connectivity index (χ0n) is 13.8. The summed E-state index contributed by atoms with van der Waals surface area (Å²) >= 11 is 6.05. The molecular formula is C17H18ClF2N3O2. The van der Waals surface area contributed by atoms with Gasteiger partial charge in [-0.15, -0.1) is 0 Å². The molecule has 0 bridgehead atoms. The first kappa shape index (κ1) is 17.7. The van der Waals surface area contributed by atoms with Crippen LogP contribution in [0.4, 0.5) is 8.78 Å². The maximum absolute atomic E-state index is 13.3. The molecule has 25 heavy (non-hydrogen) atoms. The number of amides is 1. The van der Waals surface area contributed by atoms with Crippen LogP contribution in [0.3, 0.4) is 0 Å². The standard InChI is InChI=1S/C17H18ClF2N3O2/c1-9(2)6-23-7-11(16(19)20)14(22-23)17(24)21-13-8-25-15-10(13)4-3-5-12(15)18/h3-5,7,9,13,16H,6,8H2,1-2H3,(H,21,24)/t13-/m0/s1. The number of benzene rings is 1. The Labute approximate surface area is 148 Å². The van der Waals surface area contributed by atoms with Gasteiger partial charge in [0.05, 0.1) is 16.6 Å². The van der Waals surface area contributed by atoms with Crippen LogP contribution in [-0.2, 0) is 6.54 Å². The highest BCUT2D eigenvalue weighted by Gasteiger charge is 2.30. The van der Waals surface area contributed by atoms with Crippen LogP contribution in [0.15, 0.2) is 24.4 Å². The highest BCUT2D eigenvalue weighted by Crippen LogP contribution is 2.38. The van der Waals surface area contributed by atoms with Crippen LogP contribution in [0, 0.1) is 5.92 Å². The molecule has 3 rings (SSSR count). The summed E-state index contributed by atoms with van der Waals surface area (Å²) in [6, 6.07) is 4.76. The molecule has 1 aliphatic rings. The van der Waals surface area contributed by atoms with Crippen molar-refractivity contribution in [3.05, 3.63) is 46.2 Å². The minimum absolute atomic E-state index is 0.196. The van der Waals surface area contributed by atoms with Gasteiger partial charge in [0.1, 0.15) is 12.4 Å². The number of para-hydroxylation sites is 1. The smallest absolute Gasteiger partial charge is 0.272 e. The van der Waals surface area contributed by atoms with Crippen molar-refractivity contribution >= 4 is 17.5 Å². The molecule has 134 valence electrons. The third-order valence-corrected chi connectivity index (χ3v) is 4.16. The molecule has 8 heteroatoms. The van der Waals surface area contributed by atoms with Gasteiger partial charge in [-0.05, 0) is 12.0 Å². The Morgan fingerprint density at radius 2 is 2.24 bits per heavy atom. The second-order valence-electron chi connectivity index (χ2n) is 6.34. The molecule has 0 radical (unpaired) electrons. The summed E-state index contributed by atoms with van der Waals surface area (Å²) in [4.78, 5) is 12.5. The second-order valence-corrected chi connectivity index (χ2v) is 6.75. The van der Waals surface area contributed by atoms with Crippen molar-refractivity contribution in [1.29, 1.82) is 0 Å². The quantitative estimate of drug-likeness (QED) is 0.866. The fourth-order valence-corrected chi connectivity index (χ4v) is 3.03. The molecule has 1 aromatic heterocycles. The molecule has 1 atom stereocenters. The fourth-order valence-electron chi connectivity index (χ4n) is 2.80. The summed E-state index contributed by atoms with van der Waals surface area (Å²) in [6.45, 7) is 4.54. The van der Waals surface area contributed by atoms with Gasteiger partial charge in [-0.2, -0.15) is 5.10 Å². The molecule has 0 spiro atoms. The molecule has 1 N–H and O–H groups in total. The van der Waals surface area contributed by atoms with Gasteiger partial charge >= 0.3 is 0 Å². The topological polar surface area (TPSA) is 56.2 Å². The van der Waals surface area contributed by atoms with Crippen molar-refractivity contribution in [3.63, 3.8) is 0 Å². The first-order valence-electron chi connectivity index (χ1n) is 7.94. The maximum atomic E-state index is 13.3. The Balaban J connectivity index is 1.83. The number of aromatic nitrogens is 2. The molecule has 0 unspecified atom stereocenters. The van der Waals surface area contributed by atoms with Crippen LogP contribution < -0.4 is 10.1 Å². The monoisotopic (exact) mass is 369 g/mol. The van der Waals surface area contributed by atoms with Crippen LogP contribution in [0.1, 0.15) is 47.9 Å². The highest BCUT2D eigenvalue weighted by atomic mass is 35.5. The second kappa shape index (κ2) is 7.00. The summed E-state index contributed by atoms with van der Waals surface area (Å²) in [5, 5.41) is 7.20. The Bertz CT molecular complexity index is 792. The normalized spacial score (nSPS) is 16.2. The van der Waals surface area contributed by atoms with Crippen LogP contribution in [0.5, 0.6) is 5.75 Å². The lowest BCUT2D eigenvalue weighted by Crippen LogP contribution is -2.30. The number of nitrogens with zero attached hydrogens (tertiary/aromatic N) is 2. The number of hydrogen-bond acceptors (Lipinski definition) is 3. The lowest BCUT2D eigenvalue weighted by atomic mass is 10.1. The van der Waals surface area contributed by atoms with E-state index in [1.54, 1.807) is 18.2 Å². The van der Waals surface area contributed by atoms with Crippen LogP contribution in [0.25, 0.3) is 0 Å². The predicted molar refractivity (Wildman–Crippen MR) is 89.2 cm³/mol. The van der Waals surface area contributed by atoms with Gasteiger partial charge in [-0.25, -0.2) is 8.78 Å². The molecular weight excluding hydrogens is 352 g/mol. The van der Waals surface area contributed by atoms with Gasteiger partial charge in [0.25, 0.3) is 12.3 Å². The number of nitrogens with one attached hydrogen (secondary N) is 1. The number of hydrogen-bond donors (Lipinski definition) is 1. The average molecular weight is 370 g/mol.